The van der Waals surface area contributed by atoms with Crippen molar-refractivity contribution in [3.63, 3.8) is 0 Å². The normalized spacial score (nSPS) is 24.3. The number of nitrogens with one attached hydrogen (secondary N) is 1. The average Bonchev–Trinajstić information content (AvgIpc) is 3.01. The van der Waals surface area contributed by atoms with Gasteiger partial charge < -0.3 is 9.80 Å². The van der Waals surface area contributed by atoms with E-state index in [0.717, 1.165) is 43.6 Å². The molecule has 8 nitrogen and oxygen atoms in total. The molecule has 0 aliphatic carbocycles. The van der Waals surface area contributed by atoms with Crippen LogP contribution in [0.4, 0.5) is 4.79 Å². The van der Waals surface area contributed by atoms with Crippen LogP contribution >= 0.6 is 0 Å². The van der Waals surface area contributed by atoms with Gasteiger partial charge in [-0.2, -0.15) is 5.06 Å². The summed E-state index contributed by atoms with van der Waals surface area (Å²) in [7, 11) is 0. The smallest absolute Gasteiger partial charge is 0.345 e. The van der Waals surface area contributed by atoms with E-state index < -0.39 is 6.04 Å². The molecule has 2 atom stereocenters. The number of rotatable bonds is 7. The Morgan fingerprint density at radius 2 is 1.90 bits per heavy atom. The third-order valence-corrected chi connectivity index (χ3v) is 6.15. The molecule has 0 radical (unpaired) electrons. The van der Waals surface area contributed by atoms with Gasteiger partial charge in [0.2, 0.25) is 0 Å². The Labute approximate surface area is 177 Å². The number of allylic oxidation sites excluding steroid dienone is 1. The van der Waals surface area contributed by atoms with Crippen molar-refractivity contribution in [3.05, 3.63) is 48.2 Å². The van der Waals surface area contributed by atoms with Crippen LogP contribution in [0.2, 0.25) is 0 Å². The molecule has 3 heterocycles. The van der Waals surface area contributed by atoms with E-state index in [4.69, 9.17) is 9.68 Å². The molecule has 162 valence electrons. The summed E-state index contributed by atoms with van der Waals surface area (Å²) in [6.45, 7) is 8.55. The van der Waals surface area contributed by atoms with Crippen LogP contribution in [0.15, 0.2) is 42.6 Å². The molecule has 3 saturated heterocycles. The van der Waals surface area contributed by atoms with Gasteiger partial charge in [-0.15, -0.1) is 0 Å². The van der Waals surface area contributed by atoms with Crippen LogP contribution in [0.25, 0.3) is 0 Å². The molecule has 1 aromatic carbocycles. The lowest BCUT2D eigenvalue weighted by atomic mass is 10.0. The zero-order valence-electron chi connectivity index (χ0n) is 17.5. The molecule has 0 aromatic heterocycles. The van der Waals surface area contributed by atoms with Gasteiger partial charge in [0, 0.05) is 25.3 Å². The van der Waals surface area contributed by atoms with E-state index in [2.05, 4.69) is 17.0 Å². The van der Waals surface area contributed by atoms with Crippen LogP contribution in [0, 0.1) is 0 Å². The maximum absolute atomic E-state index is 12.8. The van der Waals surface area contributed by atoms with Crippen molar-refractivity contribution in [1.29, 1.82) is 0 Å². The lowest BCUT2D eigenvalue weighted by molar-refractivity contribution is -0.146. The highest BCUT2D eigenvalue weighted by molar-refractivity contribution is 5.88. The first-order valence-electron chi connectivity index (χ1n) is 10.7. The number of benzene rings is 1. The number of piperidine rings is 2. The SMILES string of the molecule is C=C(C)N1CCC(ONC(=O)[C@@H]2CC[C@@H]3CN2C(=O)N3OCc2ccccc2)CC1. The van der Waals surface area contributed by atoms with Gasteiger partial charge in [0.25, 0.3) is 5.91 Å². The second kappa shape index (κ2) is 9.06. The van der Waals surface area contributed by atoms with Crippen LogP contribution < -0.4 is 5.48 Å². The lowest BCUT2D eigenvalue weighted by Gasteiger charge is -2.34. The van der Waals surface area contributed by atoms with Crippen LogP contribution in [-0.4, -0.2) is 64.6 Å². The maximum atomic E-state index is 12.8. The quantitative estimate of drug-likeness (QED) is 0.694. The Kier molecular flexibility index (Phi) is 6.24. The molecular weight excluding hydrogens is 384 g/mol. The fraction of sp³-hybridized carbons (Fsp3) is 0.545. The van der Waals surface area contributed by atoms with E-state index in [-0.39, 0.29) is 24.1 Å². The number of carbonyl (C=O) groups is 2. The Bertz CT molecular complexity index is 779. The summed E-state index contributed by atoms with van der Waals surface area (Å²) in [5.74, 6) is -0.256. The largest absolute Gasteiger partial charge is 0.375 e. The topological polar surface area (TPSA) is 74.4 Å². The fourth-order valence-electron chi connectivity index (χ4n) is 4.35. The Balaban J connectivity index is 1.26. The molecule has 0 unspecified atom stereocenters. The summed E-state index contributed by atoms with van der Waals surface area (Å²) in [5, 5.41) is 1.44. The van der Waals surface area contributed by atoms with E-state index in [9.17, 15) is 9.59 Å². The minimum atomic E-state index is -0.519. The predicted octanol–water partition coefficient (Wildman–Crippen LogP) is 2.43. The van der Waals surface area contributed by atoms with Crippen molar-refractivity contribution in [2.75, 3.05) is 19.6 Å². The molecule has 2 bridgehead atoms. The number of amides is 3. The van der Waals surface area contributed by atoms with Gasteiger partial charge >= 0.3 is 6.03 Å². The highest BCUT2D eigenvalue weighted by Gasteiger charge is 2.48. The number of fused-ring (bicyclic) bond motifs is 2. The maximum Gasteiger partial charge on any atom is 0.345 e. The summed E-state index contributed by atoms with van der Waals surface area (Å²) < 4.78 is 0. The van der Waals surface area contributed by atoms with E-state index in [1.807, 2.05) is 37.3 Å². The molecule has 8 heteroatoms. The van der Waals surface area contributed by atoms with Crippen molar-refractivity contribution in [1.82, 2.24) is 20.3 Å². The number of nitrogens with zero attached hydrogens (tertiary/aromatic N) is 3. The van der Waals surface area contributed by atoms with Gasteiger partial charge in [-0.25, -0.2) is 10.3 Å². The van der Waals surface area contributed by atoms with Crippen molar-refractivity contribution >= 4 is 11.9 Å². The van der Waals surface area contributed by atoms with E-state index in [1.54, 1.807) is 4.90 Å². The van der Waals surface area contributed by atoms with Crippen molar-refractivity contribution in [2.45, 2.75) is 57.4 Å². The fourth-order valence-corrected chi connectivity index (χ4v) is 4.35. The van der Waals surface area contributed by atoms with Gasteiger partial charge in [-0.3, -0.25) is 14.5 Å². The first-order valence-corrected chi connectivity index (χ1v) is 10.7. The average molecular weight is 415 g/mol. The van der Waals surface area contributed by atoms with Gasteiger partial charge in [-0.1, -0.05) is 36.9 Å². The number of carbonyl (C=O) groups excluding carboxylic acids is 2. The van der Waals surface area contributed by atoms with E-state index >= 15 is 0 Å². The van der Waals surface area contributed by atoms with Crippen LogP contribution in [0.1, 0.15) is 38.2 Å². The molecule has 4 rings (SSSR count). The second-order valence-electron chi connectivity index (χ2n) is 8.27. The predicted molar refractivity (Wildman–Crippen MR) is 111 cm³/mol. The Morgan fingerprint density at radius 1 is 1.17 bits per heavy atom. The molecule has 3 amide bonds. The highest BCUT2D eigenvalue weighted by atomic mass is 16.7. The van der Waals surface area contributed by atoms with Gasteiger partial charge in [0.1, 0.15) is 12.6 Å². The second-order valence-corrected chi connectivity index (χ2v) is 8.27. The lowest BCUT2D eigenvalue weighted by Crippen LogP contribution is -2.50. The van der Waals surface area contributed by atoms with E-state index in [1.165, 1.54) is 5.06 Å². The molecule has 3 fully saturated rings. The molecule has 0 saturated carbocycles. The molecule has 1 N–H and O–H groups in total. The Hall–Kier alpha value is -2.58. The number of hydroxylamine groups is 3. The highest BCUT2D eigenvalue weighted by Crippen LogP contribution is 2.30. The standard InChI is InChI=1S/C22H30N4O4/c1-16(2)24-12-10-19(11-13-24)30-23-21(27)20-9-8-18-14-25(20)22(28)26(18)29-15-17-6-4-3-5-7-17/h3-7,18-20H,1,8-15H2,2H3,(H,23,27)/t18-,20+/m1/s1. The van der Waals surface area contributed by atoms with Gasteiger partial charge in [0.15, 0.2) is 0 Å². The monoisotopic (exact) mass is 414 g/mol. The van der Waals surface area contributed by atoms with Crippen LogP contribution in [-0.2, 0) is 21.1 Å². The first kappa shape index (κ1) is 20.7. The van der Waals surface area contributed by atoms with Gasteiger partial charge in [-0.05, 0) is 38.2 Å². The summed E-state index contributed by atoms with van der Waals surface area (Å²) >= 11 is 0. The van der Waals surface area contributed by atoms with Crippen molar-refractivity contribution in [2.24, 2.45) is 0 Å². The molecule has 3 aliphatic heterocycles. The molecular formula is C22H30N4O4. The summed E-state index contributed by atoms with van der Waals surface area (Å²) in [6.07, 6.45) is 2.99. The third kappa shape index (κ3) is 4.44. The summed E-state index contributed by atoms with van der Waals surface area (Å²) in [5.41, 5.74) is 4.67. The zero-order chi connectivity index (χ0) is 21.1. The minimum Gasteiger partial charge on any atom is -0.375 e. The van der Waals surface area contributed by atoms with Crippen molar-refractivity contribution in [3.8, 4) is 0 Å². The summed E-state index contributed by atoms with van der Waals surface area (Å²) in [4.78, 5) is 40.8. The minimum absolute atomic E-state index is 0.0131. The molecule has 3 aliphatic rings. The Morgan fingerprint density at radius 3 is 2.60 bits per heavy atom. The third-order valence-electron chi connectivity index (χ3n) is 6.15. The van der Waals surface area contributed by atoms with Crippen LogP contribution in [0.5, 0.6) is 0 Å². The number of hydrogen-bond donors (Lipinski definition) is 1. The van der Waals surface area contributed by atoms with Crippen LogP contribution in [0.3, 0.4) is 0 Å². The molecule has 0 spiro atoms. The van der Waals surface area contributed by atoms with Gasteiger partial charge in [0.05, 0.1) is 12.1 Å². The number of urea groups is 1. The zero-order valence-corrected chi connectivity index (χ0v) is 17.5. The first-order chi connectivity index (χ1) is 14.5. The molecule has 1 aromatic rings. The number of hydrogen-bond acceptors (Lipinski definition) is 5. The number of likely N-dealkylation sites (tertiary alicyclic amines) is 1. The molecule has 30 heavy (non-hydrogen) atoms. The van der Waals surface area contributed by atoms with Crippen molar-refractivity contribution < 1.29 is 19.3 Å². The summed E-state index contributed by atoms with van der Waals surface area (Å²) in [6, 6.07) is 8.96. The van der Waals surface area contributed by atoms with E-state index in [0.29, 0.717) is 19.6 Å².